The molecular weight excluding hydrogens is 525 g/mol. The number of carbonyl (C=O) groups excluding carboxylic acids is 2. The van der Waals surface area contributed by atoms with Gasteiger partial charge in [-0.1, -0.05) is 30.3 Å². The topological polar surface area (TPSA) is 118 Å². The van der Waals surface area contributed by atoms with Gasteiger partial charge in [0, 0.05) is 38.0 Å². The lowest BCUT2D eigenvalue weighted by molar-refractivity contribution is -0.150. The molecule has 0 bridgehead atoms. The van der Waals surface area contributed by atoms with Gasteiger partial charge in [-0.2, -0.15) is 23.4 Å². The van der Waals surface area contributed by atoms with Crippen LogP contribution in [0.3, 0.4) is 0 Å². The molecule has 1 fully saturated rings. The molecule has 4 rings (SSSR count). The van der Waals surface area contributed by atoms with Crippen molar-refractivity contribution in [3.63, 3.8) is 0 Å². The number of nitrogens with zero attached hydrogens (tertiary/aromatic N) is 4. The van der Waals surface area contributed by atoms with Gasteiger partial charge in [0.15, 0.2) is 0 Å². The zero-order valence-corrected chi connectivity index (χ0v) is 22.1. The van der Waals surface area contributed by atoms with Crippen LogP contribution in [0.1, 0.15) is 30.6 Å². The lowest BCUT2D eigenvalue weighted by Crippen LogP contribution is -2.70. The first-order valence-corrected chi connectivity index (χ1v) is 13.2. The Bertz CT molecular complexity index is 1250. The molecule has 0 radical (unpaired) electrons. The van der Waals surface area contributed by atoms with E-state index < -0.39 is 30.1 Å². The number of alkyl halides is 3. The normalized spacial score (nSPS) is 18.5. The van der Waals surface area contributed by atoms with E-state index in [1.165, 1.54) is 0 Å². The smallest absolute Gasteiger partial charge is 0.405 e. The highest BCUT2D eigenvalue weighted by atomic mass is 19.4. The molecule has 1 atom stereocenters. The van der Waals surface area contributed by atoms with E-state index in [-0.39, 0.29) is 19.4 Å². The van der Waals surface area contributed by atoms with Crippen molar-refractivity contribution in [2.75, 3.05) is 32.7 Å². The molecule has 214 valence electrons. The van der Waals surface area contributed by atoms with Crippen molar-refractivity contribution in [3.8, 4) is 11.3 Å². The van der Waals surface area contributed by atoms with Gasteiger partial charge in [0.25, 0.3) is 0 Å². The Hall–Kier alpha value is -3.77. The molecule has 3 heterocycles. The molecule has 3 N–H and O–H groups in total. The summed E-state index contributed by atoms with van der Waals surface area (Å²) in [5.41, 5.74) is 5.61. The molecule has 9 nitrogen and oxygen atoms in total. The standard InChI is InChI=1S/C28H33F3N6O3/c29-28(30,31)19-33-26(39)27(16-21-6-2-1-3-7-21)20-36(14-15-37(27)13-5-4-8-25(32)38)18-23-9-10-24(40-23)22-11-12-34-35-17-22/h1-3,6-7,9-12,17H,4-5,8,13-16,18-20H2,(H2,32,38)(H,33,39). The monoisotopic (exact) mass is 558 g/mol. The Balaban J connectivity index is 1.60. The van der Waals surface area contributed by atoms with Gasteiger partial charge >= 0.3 is 6.18 Å². The van der Waals surface area contributed by atoms with Gasteiger partial charge in [-0.05, 0) is 43.1 Å². The van der Waals surface area contributed by atoms with Gasteiger partial charge < -0.3 is 15.5 Å². The van der Waals surface area contributed by atoms with Gasteiger partial charge in [-0.15, -0.1) is 0 Å². The van der Waals surface area contributed by atoms with Crippen molar-refractivity contribution in [1.82, 2.24) is 25.3 Å². The van der Waals surface area contributed by atoms with E-state index in [0.717, 1.165) is 11.1 Å². The SMILES string of the molecule is NC(=O)CCCCN1CCN(Cc2ccc(-c3ccnnc3)o2)CC1(Cc1ccccc1)C(=O)NCC(F)(F)F. The number of furan rings is 1. The Morgan fingerprint density at radius 1 is 1.05 bits per heavy atom. The first-order valence-electron chi connectivity index (χ1n) is 13.2. The van der Waals surface area contributed by atoms with Crippen LogP contribution in [0.4, 0.5) is 13.2 Å². The minimum absolute atomic E-state index is 0.189. The van der Waals surface area contributed by atoms with Gasteiger partial charge in [-0.25, -0.2) is 0 Å². The number of nitrogens with one attached hydrogen (secondary N) is 1. The highest BCUT2D eigenvalue weighted by molar-refractivity contribution is 5.87. The van der Waals surface area contributed by atoms with Crippen LogP contribution in [0.25, 0.3) is 11.3 Å². The molecule has 0 spiro atoms. The number of benzene rings is 1. The van der Waals surface area contributed by atoms with E-state index in [9.17, 15) is 22.8 Å². The maximum Gasteiger partial charge on any atom is 0.405 e. The van der Waals surface area contributed by atoms with E-state index >= 15 is 0 Å². The van der Waals surface area contributed by atoms with Crippen LogP contribution in [0.15, 0.2) is 65.3 Å². The van der Waals surface area contributed by atoms with Gasteiger partial charge in [-0.3, -0.25) is 19.4 Å². The van der Waals surface area contributed by atoms with E-state index in [1.807, 2.05) is 52.3 Å². The minimum atomic E-state index is -4.54. The van der Waals surface area contributed by atoms with Crippen LogP contribution >= 0.6 is 0 Å². The number of halogens is 3. The average molecular weight is 559 g/mol. The van der Waals surface area contributed by atoms with Crippen molar-refractivity contribution in [2.24, 2.45) is 5.73 Å². The van der Waals surface area contributed by atoms with E-state index in [4.69, 9.17) is 10.2 Å². The summed E-state index contributed by atoms with van der Waals surface area (Å²) in [5, 5.41) is 9.81. The summed E-state index contributed by atoms with van der Waals surface area (Å²) in [5.74, 6) is 0.183. The number of carbonyl (C=O) groups is 2. The quantitative estimate of drug-likeness (QED) is 0.328. The first-order chi connectivity index (χ1) is 19.1. The number of unbranched alkanes of at least 4 members (excludes halogenated alkanes) is 1. The predicted molar refractivity (Wildman–Crippen MR) is 142 cm³/mol. The molecule has 1 saturated heterocycles. The molecule has 12 heteroatoms. The number of hydrogen-bond acceptors (Lipinski definition) is 7. The zero-order chi connectivity index (χ0) is 28.6. The second-order valence-corrected chi connectivity index (χ2v) is 10.0. The molecule has 1 aromatic carbocycles. The lowest BCUT2D eigenvalue weighted by atomic mass is 9.84. The molecule has 1 unspecified atom stereocenters. The number of rotatable bonds is 12. The summed E-state index contributed by atoms with van der Waals surface area (Å²) in [6.07, 6.45) is 0.146. The number of primary amides is 1. The van der Waals surface area contributed by atoms with Crippen molar-refractivity contribution < 1.29 is 27.2 Å². The summed E-state index contributed by atoms with van der Waals surface area (Å²) in [6, 6.07) is 14.7. The Morgan fingerprint density at radius 3 is 2.55 bits per heavy atom. The molecule has 1 aliphatic rings. The summed E-state index contributed by atoms with van der Waals surface area (Å²) in [7, 11) is 0. The number of piperazine rings is 1. The predicted octanol–water partition coefficient (Wildman–Crippen LogP) is 3.17. The Kier molecular flexibility index (Phi) is 9.54. The van der Waals surface area contributed by atoms with Crippen LogP contribution in [0, 0.1) is 0 Å². The molecule has 3 aromatic rings. The highest BCUT2D eigenvalue weighted by Gasteiger charge is 2.48. The molecule has 1 aliphatic heterocycles. The second-order valence-electron chi connectivity index (χ2n) is 10.0. The number of hydrogen-bond donors (Lipinski definition) is 2. The van der Waals surface area contributed by atoms with Crippen molar-refractivity contribution in [3.05, 3.63) is 72.2 Å². The third-order valence-corrected chi connectivity index (χ3v) is 7.00. The summed E-state index contributed by atoms with van der Waals surface area (Å²) < 4.78 is 45.5. The fourth-order valence-corrected chi connectivity index (χ4v) is 5.10. The molecule has 40 heavy (non-hydrogen) atoms. The van der Waals surface area contributed by atoms with E-state index in [1.54, 1.807) is 18.5 Å². The van der Waals surface area contributed by atoms with Crippen molar-refractivity contribution in [1.29, 1.82) is 0 Å². The Labute approximate surface area is 230 Å². The molecule has 0 aliphatic carbocycles. The van der Waals surface area contributed by atoms with Crippen LogP contribution in [0.2, 0.25) is 0 Å². The summed E-state index contributed by atoms with van der Waals surface area (Å²) in [6.45, 7) is 0.606. The van der Waals surface area contributed by atoms with Crippen LogP contribution in [0.5, 0.6) is 0 Å². The third-order valence-electron chi connectivity index (χ3n) is 7.00. The van der Waals surface area contributed by atoms with E-state index in [0.29, 0.717) is 50.5 Å². The second kappa shape index (κ2) is 13.1. The molecule has 0 saturated carbocycles. The fourth-order valence-electron chi connectivity index (χ4n) is 5.10. The highest BCUT2D eigenvalue weighted by Crippen LogP contribution is 2.30. The molecular formula is C28H33F3N6O3. The number of amides is 2. The Morgan fingerprint density at radius 2 is 1.85 bits per heavy atom. The van der Waals surface area contributed by atoms with Crippen LogP contribution in [-0.2, 0) is 22.6 Å². The maximum absolute atomic E-state index is 13.7. The van der Waals surface area contributed by atoms with E-state index in [2.05, 4.69) is 15.5 Å². The van der Waals surface area contributed by atoms with Crippen LogP contribution in [-0.4, -0.2) is 76.3 Å². The largest absolute Gasteiger partial charge is 0.460 e. The van der Waals surface area contributed by atoms with Gasteiger partial charge in [0.05, 0.1) is 18.9 Å². The summed E-state index contributed by atoms with van der Waals surface area (Å²) >= 11 is 0. The van der Waals surface area contributed by atoms with Gasteiger partial charge in [0.1, 0.15) is 23.6 Å². The zero-order valence-electron chi connectivity index (χ0n) is 22.1. The lowest BCUT2D eigenvalue weighted by Gasteiger charge is -2.50. The maximum atomic E-state index is 13.7. The average Bonchev–Trinajstić information content (AvgIpc) is 3.39. The van der Waals surface area contributed by atoms with Crippen LogP contribution < -0.4 is 11.1 Å². The van der Waals surface area contributed by atoms with Gasteiger partial charge in [0.2, 0.25) is 11.8 Å². The van der Waals surface area contributed by atoms with Crippen molar-refractivity contribution >= 4 is 11.8 Å². The first kappa shape index (κ1) is 29.2. The third kappa shape index (κ3) is 7.89. The molecule has 2 aromatic heterocycles. The van der Waals surface area contributed by atoms with Crippen molar-refractivity contribution in [2.45, 2.75) is 43.9 Å². The number of aromatic nitrogens is 2. The minimum Gasteiger partial charge on any atom is -0.460 e. The fraction of sp³-hybridized carbons (Fsp3) is 0.429. The summed E-state index contributed by atoms with van der Waals surface area (Å²) in [4.78, 5) is 28.9. The molecule has 2 amide bonds. The number of nitrogens with two attached hydrogens (primary N) is 1.